The van der Waals surface area contributed by atoms with Gasteiger partial charge >= 0.3 is 0 Å². The molecule has 0 bridgehead atoms. The van der Waals surface area contributed by atoms with Crippen LogP contribution in [0.3, 0.4) is 0 Å². The van der Waals surface area contributed by atoms with Crippen LogP contribution in [0, 0.1) is 5.92 Å². The molecule has 0 unspecified atom stereocenters. The van der Waals surface area contributed by atoms with Gasteiger partial charge in [-0.15, -0.1) is 0 Å². The van der Waals surface area contributed by atoms with Crippen LogP contribution in [-0.2, 0) is 0 Å². The van der Waals surface area contributed by atoms with Crippen molar-refractivity contribution in [2.45, 2.75) is 45.6 Å². The highest BCUT2D eigenvalue weighted by Crippen LogP contribution is 2.24. The minimum atomic E-state index is 0.235. The lowest BCUT2D eigenvalue weighted by molar-refractivity contribution is 0.0876. The Kier molecular flexibility index (Phi) is 5.79. The van der Waals surface area contributed by atoms with Gasteiger partial charge < -0.3 is 0 Å². The number of nitrogens with zero attached hydrogens (tertiary/aromatic N) is 1. The molecule has 1 fully saturated rings. The fourth-order valence-electron chi connectivity index (χ4n) is 3.02. The smallest absolute Gasteiger partial charge is 0.176 e. The van der Waals surface area contributed by atoms with Crippen LogP contribution in [0.25, 0.3) is 0 Å². The van der Waals surface area contributed by atoms with Gasteiger partial charge in [-0.25, -0.2) is 0 Å². The lowest BCUT2D eigenvalue weighted by Crippen LogP contribution is -2.40. The standard InChI is InChI=1S/C17H24BrNO/c1-13(2)11-19(16-8-3-4-9-16)12-17(20)14-6-5-7-15(18)10-14/h5-7,10,13,16H,3-4,8-9,11-12H2,1-2H3. The zero-order valence-electron chi connectivity index (χ0n) is 12.4. The Labute approximate surface area is 130 Å². The number of halogens is 1. The summed E-state index contributed by atoms with van der Waals surface area (Å²) in [5.41, 5.74) is 0.811. The molecule has 2 rings (SSSR count). The van der Waals surface area contributed by atoms with Crippen LogP contribution < -0.4 is 0 Å². The van der Waals surface area contributed by atoms with Gasteiger partial charge in [0.05, 0.1) is 6.54 Å². The van der Waals surface area contributed by atoms with E-state index in [2.05, 4.69) is 34.7 Å². The van der Waals surface area contributed by atoms with Gasteiger partial charge in [0.15, 0.2) is 5.78 Å². The fraction of sp³-hybridized carbons (Fsp3) is 0.588. The number of Topliss-reactive ketones (excluding diaryl/α,β-unsaturated/α-hetero) is 1. The molecular formula is C17H24BrNO. The third-order valence-electron chi connectivity index (χ3n) is 3.93. The number of hydrogen-bond acceptors (Lipinski definition) is 2. The maximum Gasteiger partial charge on any atom is 0.176 e. The molecule has 1 saturated carbocycles. The number of hydrogen-bond donors (Lipinski definition) is 0. The van der Waals surface area contributed by atoms with Crippen LogP contribution in [0.2, 0.25) is 0 Å². The van der Waals surface area contributed by atoms with Crippen LogP contribution in [0.4, 0.5) is 0 Å². The summed E-state index contributed by atoms with van der Waals surface area (Å²) in [6, 6.07) is 8.33. The molecule has 0 radical (unpaired) electrons. The number of carbonyl (C=O) groups is 1. The number of benzene rings is 1. The zero-order chi connectivity index (χ0) is 14.5. The zero-order valence-corrected chi connectivity index (χ0v) is 14.0. The summed E-state index contributed by atoms with van der Waals surface area (Å²) in [6.45, 7) is 6.03. The van der Waals surface area contributed by atoms with E-state index in [9.17, 15) is 4.79 Å². The Morgan fingerprint density at radius 1 is 1.35 bits per heavy atom. The SMILES string of the molecule is CC(C)CN(CC(=O)c1cccc(Br)c1)C1CCCC1. The van der Waals surface area contributed by atoms with Crippen molar-refractivity contribution in [3.63, 3.8) is 0 Å². The lowest BCUT2D eigenvalue weighted by atomic mass is 10.1. The van der Waals surface area contributed by atoms with Gasteiger partial charge in [0.2, 0.25) is 0 Å². The maximum absolute atomic E-state index is 12.5. The second kappa shape index (κ2) is 7.37. The Morgan fingerprint density at radius 2 is 2.05 bits per heavy atom. The molecule has 0 aromatic heterocycles. The van der Waals surface area contributed by atoms with Crippen molar-refractivity contribution in [1.29, 1.82) is 0 Å². The number of ketones is 1. The van der Waals surface area contributed by atoms with Gasteiger partial charge in [0.25, 0.3) is 0 Å². The quantitative estimate of drug-likeness (QED) is 0.710. The third-order valence-corrected chi connectivity index (χ3v) is 4.43. The molecular weight excluding hydrogens is 314 g/mol. The van der Waals surface area contributed by atoms with Gasteiger partial charge in [-0.05, 0) is 30.9 Å². The van der Waals surface area contributed by atoms with Crippen LogP contribution in [0.15, 0.2) is 28.7 Å². The lowest BCUT2D eigenvalue weighted by Gasteiger charge is -2.29. The third kappa shape index (κ3) is 4.42. The second-order valence-electron chi connectivity index (χ2n) is 6.20. The molecule has 0 aliphatic heterocycles. The van der Waals surface area contributed by atoms with Crippen LogP contribution in [0.5, 0.6) is 0 Å². The predicted octanol–water partition coefficient (Wildman–Crippen LogP) is 4.53. The first-order chi connectivity index (χ1) is 9.56. The molecule has 2 nitrogen and oxygen atoms in total. The molecule has 20 heavy (non-hydrogen) atoms. The monoisotopic (exact) mass is 337 g/mol. The first-order valence-corrected chi connectivity index (χ1v) is 8.38. The normalized spacial score (nSPS) is 16.2. The van der Waals surface area contributed by atoms with Gasteiger partial charge in [0, 0.05) is 22.6 Å². The topological polar surface area (TPSA) is 20.3 Å². The van der Waals surface area contributed by atoms with Gasteiger partial charge in [0.1, 0.15) is 0 Å². The van der Waals surface area contributed by atoms with Crippen LogP contribution >= 0.6 is 15.9 Å². The molecule has 0 spiro atoms. The Hall–Kier alpha value is -0.670. The van der Waals surface area contributed by atoms with E-state index in [4.69, 9.17) is 0 Å². The number of rotatable bonds is 6. The fourth-order valence-corrected chi connectivity index (χ4v) is 3.42. The van der Waals surface area contributed by atoms with E-state index in [1.165, 1.54) is 25.7 Å². The molecule has 1 aliphatic carbocycles. The Morgan fingerprint density at radius 3 is 2.65 bits per heavy atom. The first kappa shape index (κ1) is 15.7. The van der Waals surface area contributed by atoms with Crippen LogP contribution in [-0.4, -0.2) is 29.8 Å². The Bertz CT molecular complexity index is 452. The summed E-state index contributed by atoms with van der Waals surface area (Å²) in [4.78, 5) is 14.9. The Balaban J connectivity index is 2.04. The van der Waals surface area contributed by atoms with E-state index in [0.29, 0.717) is 18.5 Å². The molecule has 110 valence electrons. The van der Waals surface area contributed by atoms with Crippen molar-refractivity contribution in [2.75, 3.05) is 13.1 Å². The molecule has 1 aromatic rings. The molecule has 1 aromatic carbocycles. The minimum absolute atomic E-state index is 0.235. The maximum atomic E-state index is 12.5. The van der Waals surface area contributed by atoms with E-state index in [0.717, 1.165) is 16.6 Å². The van der Waals surface area contributed by atoms with Crippen LogP contribution in [0.1, 0.15) is 49.9 Å². The summed E-state index contributed by atoms with van der Waals surface area (Å²) >= 11 is 3.44. The van der Waals surface area contributed by atoms with Gasteiger partial charge in [-0.1, -0.05) is 54.8 Å². The number of carbonyl (C=O) groups excluding carboxylic acids is 1. The van der Waals surface area contributed by atoms with Gasteiger partial charge in [-0.3, -0.25) is 9.69 Å². The average Bonchev–Trinajstić information content (AvgIpc) is 2.91. The molecule has 0 amide bonds. The van der Waals surface area contributed by atoms with E-state index in [1.54, 1.807) is 0 Å². The van der Waals surface area contributed by atoms with Crippen molar-refractivity contribution >= 4 is 21.7 Å². The summed E-state index contributed by atoms with van der Waals surface area (Å²) in [7, 11) is 0. The summed E-state index contributed by atoms with van der Waals surface area (Å²) in [6.07, 6.45) is 5.12. The van der Waals surface area contributed by atoms with E-state index >= 15 is 0 Å². The molecule has 3 heteroatoms. The van der Waals surface area contributed by atoms with Crippen molar-refractivity contribution in [1.82, 2.24) is 4.90 Å². The summed E-state index contributed by atoms with van der Waals surface area (Å²) in [5.74, 6) is 0.838. The summed E-state index contributed by atoms with van der Waals surface area (Å²) < 4.78 is 0.972. The van der Waals surface area contributed by atoms with E-state index in [1.807, 2.05) is 24.3 Å². The average molecular weight is 338 g/mol. The molecule has 1 aliphatic rings. The van der Waals surface area contributed by atoms with E-state index in [-0.39, 0.29) is 5.78 Å². The molecule has 0 atom stereocenters. The molecule has 0 N–H and O–H groups in total. The molecule has 0 heterocycles. The van der Waals surface area contributed by atoms with Gasteiger partial charge in [-0.2, -0.15) is 0 Å². The van der Waals surface area contributed by atoms with Crippen molar-refractivity contribution in [3.05, 3.63) is 34.3 Å². The van der Waals surface area contributed by atoms with Crippen molar-refractivity contribution in [2.24, 2.45) is 5.92 Å². The second-order valence-corrected chi connectivity index (χ2v) is 7.11. The minimum Gasteiger partial charge on any atom is -0.293 e. The summed E-state index contributed by atoms with van der Waals surface area (Å²) in [5, 5.41) is 0. The van der Waals surface area contributed by atoms with Crippen molar-refractivity contribution < 1.29 is 4.79 Å². The predicted molar refractivity (Wildman–Crippen MR) is 87.1 cm³/mol. The highest BCUT2D eigenvalue weighted by Gasteiger charge is 2.25. The first-order valence-electron chi connectivity index (χ1n) is 7.59. The largest absolute Gasteiger partial charge is 0.293 e. The van der Waals surface area contributed by atoms with Crippen molar-refractivity contribution in [3.8, 4) is 0 Å². The van der Waals surface area contributed by atoms with E-state index < -0.39 is 0 Å². The highest BCUT2D eigenvalue weighted by atomic mass is 79.9. The highest BCUT2D eigenvalue weighted by molar-refractivity contribution is 9.10. The molecule has 0 saturated heterocycles.